The molecule has 0 aromatic heterocycles. The molecule has 17 heavy (non-hydrogen) atoms. The third-order valence-electron chi connectivity index (χ3n) is 3.45. The lowest BCUT2D eigenvalue weighted by molar-refractivity contribution is 0.273. The lowest BCUT2D eigenvalue weighted by Gasteiger charge is -2.16. The first kappa shape index (κ1) is 17.7. The molecule has 0 radical (unpaired) electrons. The number of halogens is 1. The maximum absolute atomic E-state index is 8.82. The van der Waals surface area contributed by atoms with E-state index in [4.69, 9.17) is 5.11 Å². The van der Waals surface area contributed by atoms with Crippen LogP contribution in [0, 0.1) is 5.92 Å². The van der Waals surface area contributed by atoms with Gasteiger partial charge in [0.2, 0.25) is 0 Å². The number of aliphatic hydroxyl groups excluding tert-OH is 1. The summed E-state index contributed by atoms with van der Waals surface area (Å²) >= 11 is 2.61. The lowest BCUT2D eigenvalue weighted by atomic mass is 9.91. The minimum atomic E-state index is 0.366. The third kappa shape index (κ3) is 11.5. The van der Waals surface area contributed by atoms with E-state index in [-0.39, 0.29) is 0 Å². The van der Waals surface area contributed by atoms with Gasteiger partial charge in [0.15, 0.2) is 0 Å². The van der Waals surface area contributed by atoms with Gasteiger partial charge in [-0.2, -0.15) is 0 Å². The van der Waals surface area contributed by atoms with Gasteiger partial charge >= 0.3 is 0 Å². The van der Waals surface area contributed by atoms with Crippen molar-refractivity contribution in [1.82, 2.24) is 0 Å². The van der Waals surface area contributed by atoms with Gasteiger partial charge in [-0.15, -0.1) is 0 Å². The maximum Gasteiger partial charge on any atom is 0.0431 e. The number of rotatable bonds is 12. The van der Waals surface area contributed by atoms with Crippen LogP contribution in [0.15, 0.2) is 0 Å². The molecule has 0 spiro atoms. The van der Waals surface area contributed by atoms with E-state index in [1.165, 1.54) is 57.8 Å². The van der Waals surface area contributed by atoms with Gasteiger partial charge in [0.1, 0.15) is 0 Å². The van der Waals surface area contributed by atoms with Crippen molar-refractivity contribution in [1.29, 1.82) is 0 Å². The van der Waals surface area contributed by atoms with Gasteiger partial charge in [0.05, 0.1) is 0 Å². The van der Waals surface area contributed by atoms with Crippen LogP contribution in [0.2, 0.25) is 0 Å². The fourth-order valence-electron chi connectivity index (χ4n) is 2.47. The van der Waals surface area contributed by atoms with Crippen molar-refractivity contribution in [3.8, 4) is 0 Å². The average Bonchev–Trinajstić information content (AvgIpc) is 2.29. The first-order valence-corrected chi connectivity index (χ1v) is 8.74. The first-order valence-electron chi connectivity index (χ1n) is 7.49. The Morgan fingerprint density at radius 1 is 0.824 bits per heavy atom. The highest BCUT2D eigenvalue weighted by Crippen LogP contribution is 2.24. The van der Waals surface area contributed by atoms with E-state index in [9.17, 15) is 0 Å². The molecule has 0 bridgehead atoms. The minimum absolute atomic E-state index is 0.366. The predicted octanol–water partition coefficient (Wildman–Crippen LogP) is 5.34. The molecule has 2 unspecified atom stereocenters. The van der Waals surface area contributed by atoms with Crippen molar-refractivity contribution in [3.05, 3.63) is 0 Å². The SMILES string of the molecule is CCCC(I)CCCC(CCC)CCCCO. The van der Waals surface area contributed by atoms with Crippen LogP contribution in [0.25, 0.3) is 0 Å². The summed E-state index contributed by atoms with van der Waals surface area (Å²) in [5.74, 6) is 0.914. The fourth-order valence-corrected chi connectivity index (χ4v) is 3.53. The van der Waals surface area contributed by atoms with Crippen molar-refractivity contribution < 1.29 is 5.11 Å². The molecule has 0 heterocycles. The molecule has 0 aliphatic heterocycles. The van der Waals surface area contributed by atoms with E-state index in [2.05, 4.69) is 36.4 Å². The summed E-state index contributed by atoms with van der Waals surface area (Å²) in [7, 11) is 0. The third-order valence-corrected chi connectivity index (χ3v) is 4.69. The molecule has 0 aliphatic carbocycles. The van der Waals surface area contributed by atoms with E-state index in [0.29, 0.717) is 6.61 Å². The molecule has 0 aliphatic rings. The molecule has 2 atom stereocenters. The zero-order valence-corrected chi connectivity index (χ0v) is 13.9. The monoisotopic (exact) mass is 354 g/mol. The predicted molar refractivity (Wildman–Crippen MR) is 85.9 cm³/mol. The Kier molecular flexibility index (Phi) is 13.7. The van der Waals surface area contributed by atoms with E-state index < -0.39 is 0 Å². The Bertz CT molecular complexity index is 150. The fraction of sp³-hybridized carbons (Fsp3) is 1.00. The molecule has 1 nitrogen and oxygen atoms in total. The van der Waals surface area contributed by atoms with Crippen LogP contribution >= 0.6 is 22.6 Å². The molecule has 0 aromatic rings. The zero-order chi connectivity index (χ0) is 12.9. The minimum Gasteiger partial charge on any atom is -0.396 e. The summed E-state index contributed by atoms with van der Waals surface area (Å²) < 4.78 is 0.886. The summed E-state index contributed by atoms with van der Waals surface area (Å²) in [4.78, 5) is 0. The van der Waals surface area contributed by atoms with E-state index in [1.807, 2.05) is 0 Å². The van der Waals surface area contributed by atoms with Crippen LogP contribution in [0.4, 0.5) is 0 Å². The lowest BCUT2D eigenvalue weighted by Crippen LogP contribution is -2.03. The smallest absolute Gasteiger partial charge is 0.0431 e. The van der Waals surface area contributed by atoms with Crippen LogP contribution < -0.4 is 0 Å². The average molecular weight is 354 g/mol. The quantitative estimate of drug-likeness (QED) is 0.285. The molecule has 1 N–H and O–H groups in total. The Morgan fingerprint density at radius 3 is 2.06 bits per heavy atom. The largest absolute Gasteiger partial charge is 0.396 e. The summed E-state index contributed by atoms with van der Waals surface area (Å²) in [5, 5.41) is 8.82. The van der Waals surface area contributed by atoms with Gasteiger partial charge in [-0.05, 0) is 25.2 Å². The standard InChI is InChI=1S/C15H31IO/c1-3-8-14(10-5-6-13-17)11-7-12-15(16)9-4-2/h14-15,17H,3-13H2,1-2H3. The number of hydrogen-bond acceptors (Lipinski definition) is 1. The molecule has 0 fully saturated rings. The highest BCUT2D eigenvalue weighted by atomic mass is 127. The van der Waals surface area contributed by atoms with Crippen molar-refractivity contribution in [3.63, 3.8) is 0 Å². The van der Waals surface area contributed by atoms with Crippen LogP contribution in [0.3, 0.4) is 0 Å². The Balaban J connectivity index is 3.60. The van der Waals surface area contributed by atoms with Gasteiger partial charge < -0.3 is 5.11 Å². The normalized spacial score (nSPS) is 14.8. The van der Waals surface area contributed by atoms with Crippen LogP contribution in [-0.2, 0) is 0 Å². The van der Waals surface area contributed by atoms with E-state index in [0.717, 1.165) is 16.3 Å². The van der Waals surface area contributed by atoms with Crippen molar-refractivity contribution >= 4 is 22.6 Å². The second-order valence-corrected chi connectivity index (χ2v) is 6.95. The van der Waals surface area contributed by atoms with Gasteiger partial charge in [0.25, 0.3) is 0 Å². The van der Waals surface area contributed by atoms with Gasteiger partial charge in [-0.25, -0.2) is 0 Å². The molecule has 0 amide bonds. The molecule has 2 heteroatoms. The summed E-state index contributed by atoms with van der Waals surface area (Å²) in [5.41, 5.74) is 0. The van der Waals surface area contributed by atoms with Crippen molar-refractivity contribution in [2.45, 2.75) is 82.0 Å². The molecule has 0 saturated carbocycles. The number of alkyl halides is 1. The topological polar surface area (TPSA) is 20.2 Å². The van der Waals surface area contributed by atoms with E-state index in [1.54, 1.807) is 0 Å². The Hall–Kier alpha value is 0.690. The second-order valence-electron chi connectivity index (χ2n) is 5.19. The van der Waals surface area contributed by atoms with Crippen LogP contribution in [0.1, 0.15) is 78.1 Å². The van der Waals surface area contributed by atoms with Gasteiger partial charge in [-0.1, -0.05) is 81.4 Å². The van der Waals surface area contributed by atoms with Crippen LogP contribution in [0.5, 0.6) is 0 Å². The molecular formula is C15H31IO. The summed E-state index contributed by atoms with van der Waals surface area (Å²) in [6.07, 6.45) is 13.1. The maximum atomic E-state index is 8.82. The molecule has 0 aromatic carbocycles. The van der Waals surface area contributed by atoms with Gasteiger partial charge in [0, 0.05) is 10.5 Å². The number of unbranched alkanes of at least 4 members (excludes halogenated alkanes) is 1. The highest BCUT2D eigenvalue weighted by Gasteiger charge is 2.09. The number of aliphatic hydroxyl groups is 1. The number of hydrogen-bond donors (Lipinski definition) is 1. The molecule has 104 valence electrons. The Labute approximate surface area is 122 Å². The summed E-state index contributed by atoms with van der Waals surface area (Å²) in [6, 6.07) is 0. The highest BCUT2D eigenvalue weighted by molar-refractivity contribution is 14.1. The second kappa shape index (κ2) is 13.1. The van der Waals surface area contributed by atoms with Crippen LogP contribution in [-0.4, -0.2) is 15.6 Å². The molecular weight excluding hydrogens is 323 g/mol. The summed E-state index contributed by atoms with van der Waals surface area (Å²) in [6.45, 7) is 4.93. The Morgan fingerprint density at radius 2 is 1.47 bits per heavy atom. The van der Waals surface area contributed by atoms with Crippen molar-refractivity contribution in [2.24, 2.45) is 5.92 Å². The molecule has 0 saturated heterocycles. The van der Waals surface area contributed by atoms with Crippen molar-refractivity contribution in [2.75, 3.05) is 6.61 Å². The zero-order valence-electron chi connectivity index (χ0n) is 11.8. The van der Waals surface area contributed by atoms with E-state index >= 15 is 0 Å². The van der Waals surface area contributed by atoms with Gasteiger partial charge in [-0.3, -0.25) is 0 Å². The first-order chi connectivity index (χ1) is 8.24. The molecule has 0 rings (SSSR count).